The van der Waals surface area contributed by atoms with Gasteiger partial charge < -0.3 is 0 Å². The monoisotopic (exact) mass is 482 g/mol. The van der Waals surface area contributed by atoms with Crippen molar-refractivity contribution in [2.45, 2.75) is 127 Å². The number of aryl methyl sites for hydroxylation is 2. The molecule has 4 aliphatic carbocycles. The van der Waals surface area contributed by atoms with Crippen LogP contribution in [0.25, 0.3) is 0 Å². The van der Waals surface area contributed by atoms with Crippen LogP contribution >= 0.6 is 0 Å². The fourth-order valence-corrected chi connectivity index (χ4v) is 9.89. The zero-order valence-electron chi connectivity index (χ0n) is 25.3. The van der Waals surface area contributed by atoms with E-state index in [0.717, 1.165) is 41.4 Å². The predicted molar refractivity (Wildman–Crippen MR) is 152 cm³/mol. The molecule has 4 aliphatic rings. The summed E-state index contributed by atoms with van der Waals surface area (Å²) in [6, 6.07) is 2.42. The standard InChI is InChI=1S/C30H48N.2C2H6/c1-20-15-22(19-31(6)18-20)16-21(2)27-9-10-28-26-8-7-23-17-29(3,4)13-11-24(23)25(26)12-14-30(27,28)5;2*1-2/h15,18-19,21,23-28H,7-14,16-17H2,1-6H3;2*1-2H3/q+1;;. The van der Waals surface area contributed by atoms with Gasteiger partial charge in [0, 0.05) is 11.1 Å². The van der Waals surface area contributed by atoms with Crippen LogP contribution in [-0.4, -0.2) is 0 Å². The molecule has 0 N–H and O–H groups in total. The molecule has 1 heterocycles. The second-order valence-corrected chi connectivity index (χ2v) is 13.6. The molecule has 1 aromatic heterocycles. The summed E-state index contributed by atoms with van der Waals surface area (Å²) in [7, 11) is 2.18. The molecule has 4 saturated carbocycles. The molecule has 5 rings (SSSR count). The van der Waals surface area contributed by atoms with Crippen LogP contribution in [0.2, 0.25) is 0 Å². The van der Waals surface area contributed by atoms with Gasteiger partial charge in [-0.15, -0.1) is 0 Å². The molecular formula is C34H60N+. The van der Waals surface area contributed by atoms with E-state index in [-0.39, 0.29) is 0 Å². The van der Waals surface area contributed by atoms with Gasteiger partial charge in [-0.05, 0) is 129 Å². The molecule has 0 bridgehead atoms. The number of fused-ring (bicyclic) bond motifs is 5. The van der Waals surface area contributed by atoms with Gasteiger partial charge in [-0.3, -0.25) is 0 Å². The summed E-state index contributed by atoms with van der Waals surface area (Å²) in [5.74, 6) is 6.98. The van der Waals surface area contributed by atoms with Crippen molar-refractivity contribution in [3.05, 3.63) is 29.6 Å². The number of pyridine rings is 1. The van der Waals surface area contributed by atoms with Crippen LogP contribution in [0.1, 0.15) is 124 Å². The lowest BCUT2D eigenvalue weighted by atomic mass is 9.48. The smallest absolute Gasteiger partial charge is 0.171 e. The summed E-state index contributed by atoms with van der Waals surface area (Å²) in [6.45, 7) is 20.6. The Bertz CT molecular complexity index is 789. The van der Waals surface area contributed by atoms with E-state index in [1.54, 1.807) is 24.8 Å². The molecule has 0 aliphatic heterocycles. The molecule has 4 fully saturated rings. The number of nitrogens with zero attached hydrogens (tertiary/aromatic N) is 1. The minimum Gasteiger partial charge on any atom is -0.207 e. The Labute approximate surface area is 219 Å². The minimum absolute atomic E-state index is 0.605. The molecule has 0 saturated heterocycles. The Morgan fingerprint density at radius 2 is 1.54 bits per heavy atom. The van der Waals surface area contributed by atoms with Crippen molar-refractivity contribution in [3.8, 4) is 0 Å². The van der Waals surface area contributed by atoms with Crippen molar-refractivity contribution in [3.63, 3.8) is 0 Å². The summed E-state index contributed by atoms with van der Waals surface area (Å²) >= 11 is 0. The van der Waals surface area contributed by atoms with E-state index >= 15 is 0 Å². The number of aromatic nitrogens is 1. The lowest BCUT2D eigenvalue weighted by Gasteiger charge is -2.57. The quantitative estimate of drug-likeness (QED) is 0.378. The summed E-state index contributed by atoms with van der Waals surface area (Å²) < 4.78 is 2.26. The molecular weight excluding hydrogens is 422 g/mol. The highest BCUT2D eigenvalue weighted by Crippen LogP contribution is 2.66. The van der Waals surface area contributed by atoms with E-state index in [1.807, 2.05) is 27.7 Å². The SMILES string of the molecule is CC.CC.Cc1cc(CC(C)C2CCC3C4CCC5CC(C)(C)CCC5C4CCC23C)c[n+](C)c1. The summed E-state index contributed by atoms with van der Waals surface area (Å²) in [6.07, 6.45) is 19.6. The van der Waals surface area contributed by atoms with Gasteiger partial charge in [-0.25, -0.2) is 4.57 Å². The first-order valence-electron chi connectivity index (χ1n) is 15.6. The van der Waals surface area contributed by atoms with Crippen molar-refractivity contribution in [1.29, 1.82) is 0 Å². The Morgan fingerprint density at radius 1 is 0.857 bits per heavy atom. The molecule has 8 atom stereocenters. The zero-order chi connectivity index (χ0) is 26.0. The summed E-state index contributed by atoms with van der Waals surface area (Å²) in [5.41, 5.74) is 4.15. The number of hydrogen-bond acceptors (Lipinski definition) is 0. The Kier molecular flexibility index (Phi) is 9.59. The maximum Gasteiger partial charge on any atom is 0.171 e. The Morgan fingerprint density at radius 3 is 2.23 bits per heavy atom. The third-order valence-corrected chi connectivity index (χ3v) is 11.0. The molecule has 0 aromatic carbocycles. The highest BCUT2D eigenvalue weighted by atomic mass is 14.9. The number of hydrogen-bond donors (Lipinski definition) is 0. The van der Waals surface area contributed by atoms with Crippen LogP contribution < -0.4 is 4.57 Å². The van der Waals surface area contributed by atoms with Gasteiger partial charge in [0.25, 0.3) is 0 Å². The first-order chi connectivity index (χ1) is 16.7. The van der Waals surface area contributed by atoms with E-state index < -0.39 is 0 Å². The van der Waals surface area contributed by atoms with Gasteiger partial charge in [0.05, 0.1) is 0 Å². The van der Waals surface area contributed by atoms with Crippen molar-refractivity contribution in [1.82, 2.24) is 0 Å². The van der Waals surface area contributed by atoms with Crippen LogP contribution in [0.5, 0.6) is 0 Å². The fraction of sp³-hybridized carbons (Fsp3) is 0.853. The third kappa shape index (κ3) is 5.85. The average Bonchev–Trinajstić information content (AvgIpc) is 3.17. The lowest BCUT2D eigenvalue weighted by molar-refractivity contribution is -0.672. The van der Waals surface area contributed by atoms with Crippen LogP contribution in [0.4, 0.5) is 0 Å². The van der Waals surface area contributed by atoms with Gasteiger partial charge in [-0.2, -0.15) is 0 Å². The van der Waals surface area contributed by atoms with E-state index in [1.165, 1.54) is 50.5 Å². The average molecular weight is 483 g/mol. The Hall–Kier alpha value is -0.850. The van der Waals surface area contributed by atoms with Gasteiger partial charge in [0.1, 0.15) is 7.05 Å². The zero-order valence-corrected chi connectivity index (χ0v) is 25.3. The topological polar surface area (TPSA) is 3.88 Å². The molecule has 1 heteroatoms. The predicted octanol–water partition coefficient (Wildman–Crippen LogP) is 9.35. The second kappa shape index (κ2) is 11.7. The highest BCUT2D eigenvalue weighted by molar-refractivity contribution is 5.15. The van der Waals surface area contributed by atoms with Gasteiger partial charge >= 0.3 is 0 Å². The van der Waals surface area contributed by atoms with Gasteiger partial charge in [0.2, 0.25) is 0 Å². The van der Waals surface area contributed by atoms with Crippen LogP contribution in [0.3, 0.4) is 0 Å². The van der Waals surface area contributed by atoms with E-state index in [2.05, 4.69) is 64.7 Å². The van der Waals surface area contributed by atoms with Crippen molar-refractivity contribution >= 4 is 0 Å². The maximum absolute atomic E-state index is 2.73. The third-order valence-electron chi connectivity index (χ3n) is 11.0. The molecule has 8 unspecified atom stereocenters. The first-order valence-corrected chi connectivity index (χ1v) is 15.6. The largest absolute Gasteiger partial charge is 0.207 e. The summed E-state index contributed by atoms with van der Waals surface area (Å²) in [5, 5.41) is 0. The van der Waals surface area contributed by atoms with Crippen LogP contribution in [0.15, 0.2) is 18.5 Å². The van der Waals surface area contributed by atoms with Gasteiger partial charge in [0.15, 0.2) is 12.4 Å². The molecule has 1 nitrogen and oxygen atoms in total. The maximum atomic E-state index is 2.73. The molecule has 200 valence electrons. The molecule has 0 spiro atoms. The van der Waals surface area contributed by atoms with Gasteiger partial charge in [-0.1, -0.05) is 55.4 Å². The molecule has 0 amide bonds. The lowest BCUT2D eigenvalue weighted by Crippen LogP contribution is -2.49. The normalized spacial score (nSPS) is 37.9. The van der Waals surface area contributed by atoms with Crippen LogP contribution in [0, 0.1) is 59.2 Å². The molecule has 35 heavy (non-hydrogen) atoms. The van der Waals surface area contributed by atoms with Crippen molar-refractivity contribution < 1.29 is 4.57 Å². The number of rotatable bonds is 3. The van der Waals surface area contributed by atoms with Crippen LogP contribution in [-0.2, 0) is 13.5 Å². The highest BCUT2D eigenvalue weighted by Gasteiger charge is 2.57. The van der Waals surface area contributed by atoms with Crippen molar-refractivity contribution in [2.75, 3.05) is 0 Å². The second-order valence-electron chi connectivity index (χ2n) is 13.6. The first kappa shape index (κ1) is 28.7. The molecule has 1 aromatic rings. The van der Waals surface area contributed by atoms with E-state index in [9.17, 15) is 0 Å². The molecule has 0 radical (unpaired) electrons. The Balaban J connectivity index is 0.000000815. The fourth-order valence-electron chi connectivity index (χ4n) is 9.89. The van der Waals surface area contributed by atoms with E-state index in [0.29, 0.717) is 10.8 Å². The minimum atomic E-state index is 0.605. The summed E-state index contributed by atoms with van der Waals surface area (Å²) in [4.78, 5) is 0. The van der Waals surface area contributed by atoms with E-state index in [4.69, 9.17) is 0 Å². The van der Waals surface area contributed by atoms with Crippen molar-refractivity contribution in [2.24, 2.45) is 59.3 Å².